The smallest absolute Gasteiger partial charge is 0.190 e. The maximum absolute atomic E-state index is 6.07. The highest BCUT2D eigenvalue weighted by Gasteiger charge is 2.29. The van der Waals surface area contributed by atoms with Gasteiger partial charge in [-0.05, 0) is 12.7 Å². The highest BCUT2D eigenvalue weighted by Crippen LogP contribution is 2.25. The SMILES string of the molecule is CSc1nc(Cl)cc(N2CCC(N3CCOCC3)C2)n1. The quantitative estimate of drug-likeness (QED) is 0.481. The lowest BCUT2D eigenvalue weighted by molar-refractivity contribution is 0.0209. The average molecular weight is 315 g/mol. The first-order valence-electron chi connectivity index (χ1n) is 6.91. The molecule has 0 aliphatic carbocycles. The molecule has 7 heteroatoms. The van der Waals surface area contributed by atoms with Crippen molar-refractivity contribution in [1.82, 2.24) is 14.9 Å². The molecule has 0 saturated carbocycles. The molecule has 2 aliphatic rings. The lowest BCUT2D eigenvalue weighted by Gasteiger charge is -2.32. The summed E-state index contributed by atoms with van der Waals surface area (Å²) in [6.45, 7) is 5.83. The standard InChI is InChI=1S/C13H19ClN4OS/c1-20-13-15-11(14)8-12(16-13)18-3-2-10(9-18)17-4-6-19-7-5-17/h8,10H,2-7,9H2,1H3. The summed E-state index contributed by atoms with van der Waals surface area (Å²) in [4.78, 5) is 13.6. The van der Waals surface area contributed by atoms with Crippen LogP contribution in [0.2, 0.25) is 5.15 Å². The Labute approximate surface area is 128 Å². The highest BCUT2D eigenvalue weighted by atomic mass is 35.5. The number of aromatic nitrogens is 2. The molecule has 110 valence electrons. The summed E-state index contributed by atoms with van der Waals surface area (Å²) in [5, 5.41) is 1.26. The zero-order valence-corrected chi connectivity index (χ0v) is 13.2. The molecule has 0 aromatic carbocycles. The molecule has 3 heterocycles. The van der Waals surface area contributed by atoms with Crippen molar-refractivity contribution in [3.63, 3.8) is 0 Å². The molecule has 2 fully saturated rings. The second-order valence-corrected chi connectivity index (χ2v) is 6.23. The van der Waals surface area contributed by atoms with Crippen LogP contribution < -0.4 is 4.90 Å². The molecule has 2 aliphatic heterocycles. The molecule has 1 atom stereocenters. The van der Waals surface area contributed by atoms with E-state index in [4.69, 9.17) is 16.3 Å². The zero-order chi connectivity index (χ0) is 13.9. The number of morpholine rings is 1. The predicted octanol–water partition coefficient (Wildman–Crippen LogP) is 1.76. The Morgan fingerprint density at radius 2 is 2.10 bits per heavy atom. The summed E-state index contributed by atoms with van der Waals surface area (Å²) in [7, 11) is 0. The minimum Gasteiger partial charge on any atom is -0.379 e. The molecule has 1 aromatic heterocycles. The minimum absolute atomic E-state index is 0.522. The van der Waals surface area contributed by atoms with Gasteiger partial charge in [-0.2, -0.15) is 0 Å². The Morgan fingerprint density at radius 3 is 2.85 bits per heavy atom. The highest BCUT2D eigenvalue weighted by molar-refractivity contribution is 7.98. The average Bonchev–Trinajstić information content (AvgIpc) is 2.97. The number of hydrogen-bond donors (Lipinski definition) is 0. The van der Waals surface area contributed by atoms with E-state index < -0.39 is 0 Å². The van der Waals surface area contributed by atoms with E-state index in [1.807, 2.05) is 12.3 Å². The van der Waals surface area contributed by atoms with Crippen LogP contribution in [0.1, 0.15) is 6.42 Å². The zero-order valence-electron chi connectivity index (χ0n) is 11.6. The first-order chi connectivity index (χ1) is 9.76. The van der Waals surface area contributed by atoms with Crippen molar-refractivity contribution in [2.75, 3.05) is 50.5 Å². The molecule has 20 heavy (non-hydrogen) atoms. The summed E-state index contributed by atoms with van der Waals surface area (Å²) in [5.41, 5.74) is 0. The van der Waals surface area contributed by atoms with E-state index >= 15 is 0 Å². The Kier molecular flexibility index (Phi) is 4.65. The molecule has 1 aromatic rings. The van der Waals surface area contributed by atoms with Gasteiger partial charge in [-0.15, -0.1) is 0 Å². The third kappa shape index (κ3) is 3.19. The maximum Gasteiger partial charge on any atom is 0.190 e. The van der Waals surface area contributed by atoms with Gasteiger partial charge in [-0.3, -0.25) is 4.90 Å². The maximum atomic E-state index is 6.07. The van der Waals surface area contributed by atoms with Crippen LogP contribution in [-0.2, 0) is 4.74 Å². The number of hydrogen-bond acceptors (Lipinski definition) is 6. The van der Waals surface area contributed by atoms with Gasteiger partial charge >= 0.3 is 0 Å². The van der Waals surface area contributed by atoms with Gasteiger partial charge in [0.2, 0.25) is 0 Å². The van der Waals surface area contributed by atoms with Gasteiger partial charge in [0.1, 0.15) is 11.0 Å². The summed E-state index contributed by atoms with van der Waals surface area (Å²) in [5.74, 6) is 0.949. The van der Waals surface area contributed by atoms with E-state index in [1.165, 1.54) is 18.2 Å². The van der Waals surface area contributed by atoms with E-state index in [-0.39, 0.29) is 0 Å². The number of anilines is 1. The summed E-state index contributed by atoms with van der Waals surface area (Å²) in [6, 6.07) is 2.47. The summed E-state index contributed by atoms with van der Waals surface area (Å²) >= 11 is 7.60. The van der Waals surface area contributed by atoms with Gasteiger partial charge in [-0.25, -0.2) is 9.97 Å². The van der Waals surface area contributed by atoms with Crippen molar-refractivity contribution in [2.45, 2.75) is 17.6 Å². The van der Waals surface area contributed by atoms with Crippen LogP contribution in [0, 0.1) is 0 Å². The second kappa shape index (κ2) is 6.47. The molecule has 2 saturated heterocycles. The first-order valence-corrected chi connectivity index (χ1v) is 8.52. The second-order valence-electron chi connectivity index (χ2n) is 5.07. The van der Waals surface area contributed by atoms with E-state index in [1.54, 1.807) is 0 Å². The molecule has 0 bridgehead atoms. The molecular weight excluding hydrogens is 296 g/mol. The lowest BCUT2D eigenvalue weighted by Crippen LogP contribution is -2.44. The van der Waals surface area contributed by atoms with Gasteiger partial charge in [0.05, 0.1) is 13.2 Å². The number of rotatable bonds is 3. The fraction of sp³-hybridized carbons (Fsp3) is 0.692. The molecule has 5 nitrogen and oxygen atoms in total. The minimum atomic E-state index is 0.522. The Balaban J connectivity index is 1.68. The Morgan fingerprint density at radius 1 is 1.30 bits per heavy atom. The van der Waals surface area contributed by atoms with Gasteiger partial charge in [0.15, 0.2) is 5.16 Å². The van der Waals surface area contributed by atoms with Crippen molar-refractivity contribution >= 4 is 29.2 Å². The molecule has 0 amide bonds. The number of halogens is 1. The third-order valence-electron chi connectivity index (χ3n) is 3.89. The van der Waals surface area contributed by atoms with Crippen LogP contribution in [0.25, 0.3) is 0 Å². The molecular formula is C13H19ClN4OS. The van der Waals surface area contributed by atoms with Gasteiger partial charge in [0.25, 0.3) is 0 Å². The van der Waals surface area contributed by atoms with Crippen LogP contribution in [0.4, 0.5) is 5.82 Å². The normalized spacial score (nSPS) is 24.3. The molecule has 0 spiro atoms. The molecule has 0 N–H and O–H groups in total. The molecule has 0 radical (unpaired) electrons. The van der Waals surface area contributed by atoms with Crippen molar-refractivity contribution in [2.24, 2.45) is 0 Å². The summed E-state index contributed by atoms with van der Waals surface area (Å²) in [6.07, 6.45) is 3.15. The number of thioether (sulfide) groups is 1. The van der Waals surface area contributed by atoms with E-state index in [0.29, 0.717) is 11.2 Å². The van der Waals surface area contributed by atoms with Crippen LogP contribution in [0.15, 0.2) is 11.2 Å². The van der Waals surface area contributed by atoms with Gasteiger partial charge in [-0.1, -0.05) is 23.4 Å². The molecule has 3 rings (SSSR count). The Hall–Kier alpha value is -0.560. The third-order valence-corrected chi connectivity index (χ3v) is 4.63. The molecule has 1 unspecified atom stereocenters. The fourth-order valence-electron chi connectivity index (χ4n) is 2.83. The Bertz CT molecular complexity index is 470. The largest absolute Gasteiger partial charge is 0.379 e. The monoisotopic (exact) mass is 314 g/mol. The van der Waals surface area contributed by atoms with Gasteiger partial charge in [0, 0.05) is 38.3 Å². The van der Waals surface area contributed by atoms with Crippen LogP contribution in [0.5, 0.6) is 0 Å². The van der Waals surface area contributed by atoms with Gasteiger partial charge < -0.3 is 9.64 Å². The van der Waals surface area contributed by atoms with Crippen molar-refractivity contribution in [3.8, 4) is 0 Å². The summed E-state index contributed by atoms with van der Waals surface area (Å²) < 4.78 is 5.42. The van der Waals surface area contributed by atoms with Crippen LogP contribution in [0.3, 0.4) is 0 Å². The van der Waals surface area contributed by atoms with Crippen molar-refractivity contribution < 1.29 is 4.74 Å². The van der Waals surface area contributed by atoms with Crippen molar-refractivity contribution in [1.29, 1.82) is 0 Å². The lowest BCUT2D eigenvalue weighted by atomic mass is 10.2. The topological polar surface area (TPSA) is 41.5 Å². The van der Waals surface area contributed by atoms with E-state index in [9.17, 15) is 0 Å². The van der Waals surface area contributed by atoms with Crippen LogP contribution in [-0.4, -0.2) is 66.6 Å². The number of nitrogens with zero attached hydrogens (tertiary/aromatic N) is 4. The van der Waals surface area contributed by atoms with Crippen molar-refractivity contribution in [3.05, 3.63) is 11.2 Å². The first kappa shape index (κ1) is 14.4. The number of ether oxygens (including phenoxy) is 1. The van der Waals surface area contributed by atoms with E-state index in [0.717, 1.165) is 50.4 Å². The van der Waals surface area contributed by atoms with E-state index in [2.05, 4.69) is 19.8 Å². The van der Waals surface area contributed by atoms with Crippen LogP contribution >= 0.6 is 23.4 Å². The predicted molar refractivity (Wildman–Crippen MR) is 81.8 cm³/mol. The fourth-order valence-corrected chi connectivity index (χ4v) is 3.43.